The van der Waals surface area contributed by atoms with E-state index in [4.69, 9.17) is 5.11 Å². The molecule has 18 heavy (non-hydrogen) atoms. The summed E-state index contributed by atoms with van der Waals surface area (Å²) in [7, 11) is 0. The highest BCUT2D eigenvalue weighted by Crippen LogP contribution is 2.31. The molecule has 4 nitrogen and oxygen atoms in total. The molecule has 0 spiro atoms. The van der Waals surface area contributed by atoms with Crippen molar-refractivity contribution in [2.24, 2.45) is 11.8 Å². The molecule has 4 heteroatoms. The molecule has 2 N–H and O–H groups in total. The lowest BCUT2D eigenvalue weighted by atomic mass is 9.82. The van der Waals surface area contributed by atoms with Gasteiger partial charge < -0.3 is 10.4 Å². The van der Waals surface area contributed by atoms with Crippen LogP contribution in [-0.4, -0.2) is 22.5 Å². The molecule has 2 unspecified atom stereocenters. The predicted octanol–water partition coefficient (Wildman–Crippen LogP) is 2.10. The van der Waals surface area contributed by atoms with E-state index in [1.54, 1.807) is 0 Å². The van der Waals surface area contributed by atoms with Gasteiger partial charge in [-0.25, -0.2) is 0 Å². The van der Waals surface area contributed by atoms with E-state index in [0.717, 1.165) is 25.7 Å². The van der Waals surface area contributed by atoms with Crippen molar-refractivity contribution in [3.05, 3.63) is 12.2 Å². The lowest BCUT2D eigenvalue weighted by molar-refractivity contribution is -0.147. The van der Waals surface area contributed by atoms with Crippen molar-refractivity contribution < 1.29 is 14.7 Å². The van der Waals surface area contributed by atoms with Crippen molar-refractivity contribution in [1.82, 2.24) is 5.32 Å². The van der Waals surface area contributed by atoms with Crippen LogP contribution in [0.15, 0.2) is 12.2 Å². The fraction of sp³-hybridized carbons (Fsp3) is 0.714. The van der Waals surface area contributed by atoms with E-state index >= 15 is 0 Å². The fourth-order valence-electron chi connectivity index (χ4n) is 3.05. The van der Waals surface area contributed by atoms with Crippen LogP contribution in [0.4, 0.5) is 0 Å². The first kappa shape index (κ1) is 13.1. The molecule has 1 saturated carbocycles. The monoisotopic (exact) mass is 251 g/mol. The van der Waals surface area contributed by atoms with Crippen molar-refractivity contribution >= 4 is 11.9 Å². The number of rotatable bonds is 3. The Bertz CT molecular complexity index is 369. The maximum Gasteiger partial charge on any atom is 0.307 e. The molecule has 0 aromatic heterocycles. The van der Waals surface area contributed by atoms with Crippen molar-refractivity contribution in [3.8, 4) is 0 Å². The summed E-state index contributed by atoms with van der Waals surface area (Å²) in [5.41, 5.74) is -0.124. The normalized spacial score (nSPS) is 30.1. The lowest BCUT2D eigenvalue weighted by Gasteiger charge is -2.31. The van der Waals surface area contributed by atoms with E-state index in [2.05, 4.69) is 12.2 Å². The van der Waals surface area contributed by atoms with Gasteiger partial charge in [0.25, 0.3) is 0 Å². The molecule has 0 aliphatic heterocycles. The quantitative estimate of drug-likeness (QED) is 0.755. The van der Waals surface area contributed by atoms with Gasteiger partial charge in [-0.3, -0.25) is 9.59 Å². The number of carboxylic acids is 1. The maximum absolute atomic E-state index is 12.3. The van der Waals surface area contributed by atoms with Crippen LogP contribution in [0.2, 0.25) is 0 Å². The summed E-state index contributed by atoms with van der Waals surface area (Å²) >= 11 is 0. The fourth-order valence-corrected chi connectivity index (χ4v) is 3.05. The zero-order chi connectivity index (χ0) is 13.2. The molecule has 2 rings (SSSR count). The number of hydrogen-bond acceptors (Lipinski definition) is 2. The number of allylic oxidation sites excluding steroid dienone is 2. The molecular weight excluding hydrogens is 230 g/mol. The third kappa shape index (κ3) is 2.74. The predicted molar refractivity (Wildman–Crippen MR) is 68.0 cm³/mol. The highest BCUT2D eigenvalue weighted by Gasteiger charge is 2.38. The summed E-state index contributed by atoms with van der Waals surface area (Å²) < 4.78 is 0. The molecule has 0 bridgehead atoms. The SMILES string of the molecule is CC1(NC(=O)C2CC=CCC2C(=O)O)CCCC1. The average Bonchev–Trinajstić information content (AvgIpc) is 2.75. The maximum atomic E-state index is 12.3. The van der Waals surface area contributed by atoms with Gasteiger partial charge in [-0.05, 0) is 32.6 Å². The van der Waals surface area contributed by atoms with Crippen LogP contribution in [-0.2, 0) is 9.59 Å². The third-order valence-corrected chi connectivity index (χ3v) is 4.22. The highest BCUT2D eigenvalue weighted by atomic mass is 16.4. The Hall–Kier alpha value is -1.32. The summed E-state index contributed by atoms with van der Waals surface area (Å²) in [5, 5.41) is 12.2. The minimum atomic E-state index is -0.865. The average molecular weight is 251 g/mol. The van der Waals surface area contributed by atoms with Gasteiger partial charge in [0, 0.05) is 5.54 Å². The Morgan fingerprint density at radius 1 is 1.17 bits per heavy atom. The van der Waals surface area contributed by atoms with Crippen LogP contribution in [0.1, 0.15) is 45.4 Å². The van der Waals surface area contributed by atoms with E-state index in [1.807, 2.05) is 12.2 Å². The van der Waals surface area contributed by atoms with Crippen molar-refractivity contribution in [3.63, 3.8) is 0 Å². The standard InChI is InChI=1S/C14H21NO3/c1-14(8-4-5-9-14)15-12(16)10-6-2-3-7-11(10)13(17)18/h2-3,10-11H,4-9H2,1H3,(H,15,16)(H,17,18). The number of carboxylic acid groups (broad SMARTS) is 1. The van der Waals surface area contributed by atoms with E-state index in [9.17, 15) is 9.59 Å². The first-order valence-corrected chi connectivity index (χ1v) is 6.72. The topological polar surface area (TPSA) is 66.4 Å². The third-order valence-electron chi connectivity index (χ3n) is 4.22. The van der Waals surface area contributed by atoms with Gasteiger partial charge in [0.1, 0.15) is 0 Å². The highest BCUT2D eigenvalue weighted by molar-refractivity contribution is 5.85. The van der Waals surface area contributed by atoms with Crippen molar-refractivity contribution in [2.45, 2.75) is 51.0 Å². The summed E-state index contributed by atoms with van der Waals surface area (Å²) in [5.74, 6) is -1.93. The minimum Gasteiger partial charge on any atom is -0.481 e. The van der Waals surface area contributed by atoms with Crippen molar-refractivity contribution in [1.29, 1.82) is 0 Å². The van der Waals surface area contributed by atoms with Gasteiger partial charge in [-0.15, -0.1) is 0 Å². The van der Waals surface area contributed by atoms with Crippen LogP contribution in [0.25, 0.3) is 0 Å². The summed E-state index contributed by atoms with van der Waals surface area (Å²) in [6.45, 7) is 2.06. The van der Waals surface area contributed by atoms with Gasteiger partial charge in [0.2, 0.25) is 5.91 Å². The van der Waals surface area contributed by atoms with E-state index in [0.29, 0.717) is 12.8 Å². The van der Waals surface area contributed by atoms with Crippen LogP contribution in [0.5, 0.6) is 0 Å². The molecule has 1 amide bonds. The molecule has 2 aliphatic carbocycles. The van der Waals surface area contributed by atoms with Gasteiger partial charge in [-0.2, -0.15) is 0 Å². The Morgan fingerprint density at radius 3 is 2.28 bits per heavy atom. The zero-order valence-corrected chi connectivity index (χ0v) is 10.8. The number of aliphatic carboxylic acids is 1. The molecule has 1 fully saturated rings. The number of amides is 1. The minimum absolute atomic E-state index is 0.0869. The second kappa shape index (κ2) is 5.12. The molecule has 2 aliphatic rings. The second-order valence-electron chi connectivity index (χ2n) is 5.75. The van der Waals surface area contributed by atoms with Crippen LogP contribution in [0.3, 0.4) is 0 Å². The van der Waals surface area contributed by atoms with E-state index in [-0.39, 0.29) is 11.4 Å². The number of hydrogen-bond donors (Lipinski definition) is 2. The van der Waals surface area contributed by atoms with Gasteiger partial charge in [0.15, 0.2) is 0 Å². The smallest absolute Gasteiger partial charge is 0.307 e. The Balaban J connectivity index is 2.03. The van der Waals surface area contributed by atoms with E-state index in [1.165, 1.54) is 0 Å². The molecule has 0 heterocycles. The Kier molecular flexibility index (Phi) is 3.73. The molecule has 0 aromatic rings. The lowest BCUT2D eigenvalue weighted by Crippen LogP contribution is -2.48. The molecule has 0 aromatic carbocycles. The van der Waals surface area contributed by atoms with Crippen LogP contribution in [0, 0.1) is 11.8 Å². The second-order valence-corrected chi connectivity index (χ2v) is 5.75. The Labute approximate surface area is 107 Å². The van der Waals surface area contributed by atoms with E-state index < -0.39 is 17.8 Å². The zero-order valence-electron chi connectivity index (χ0n) is 10.8. The van der Waals surface area contributed by atoms with Gasteiger partial charge >= 0.3 is 5.97 Å². The molecule has 0 radical (unpaired) electrons. The summed E-state index contributed by atoms with van der Waals surface area (Å²) in [6, 6.07) is 0. The summed E-state index contributed by atoms with van der Waals surface area (Å²) in [6.07, 6.45) is 9.06. The first-order chi connectivity index (χ1) is 8.52. The molecule has 100 valence electrons. The van der Waals surface area contributed by atoms with Crippen LogP contribution >= 0.6 is 0 Å². The number of nitrogens with one attached hydrogen (secondary N) is 1. The number of carbonyl (C=O) groups excluding carboxylic acids is 1. The molecule has 0 saturated heterocycles. The largest absolute Gasteiger partial charge is 0.481 e. The van der Waals surface area contributed by atoms with Crippen molar-refractivity contribution in [2.75, 3.05) is 0 Å². The Morgan fingerprint density at radius 2 is 1.72 bits per heavy atom. The van der Waals surface area contributed by atoms with Crippen LogP contribution < -0.4 is 5.32 Å². The number of carbonyl (C=O) groups is 2. The molecular formula is C14H21NO3. The van der Waals surface area contributed by atoms with Gasteiger partial charge in [0.05, 0.1) is 11.8 Å². The summed E-state index contributed by atoms with van der Waals surface area (Å²) in [4.78, 5) is 23.4. The molecule has 2 atom stereocenters. The van der Waals surface area contributed by atoms with Gasteiger partial charge in [-0.1, -0.05) is 25.0 Å². The first-order valence-electron chi connectivity index (χ1n) is 6.72.